The summed E-state index contributed by atoms with van der Waals surface area (Å²) in [5.74, 6) is 0.779. The van der Waals surface area contributed by atoms with E-state index in [-0.39, 0.29) is 5.84 Å². The molecule has 0 saturated heterocycles. The van der Waals surface area contributed by atoms with Crippen molar-refractivity contribution < 1.29 is 19.1 Å². The second-order valence-corrected chi connectivity index (χ2v) is 5.14. The molecule has 0 aliphatic heterocycles. The maximum atomic E-state index is 12.0. The van der Waals surface area contributed by atoms with Gasteiger partial charge in [0.1, 0.15) is 11.5 Å². The number of oxime groups is 1. The van der Waals surface area contributed by atoms with Gasteiger partial charge in [-0.2, -0.15) is 0 Å². The Balaban J connectivity index is 1.96. The first-order chi connectivity index (χ1) is 11.5. The van der Waals surface area contributed by atoms with Crippen LogP contribution in [0.4, 0.5) is 0 Å². The minimum absolute atomic E-state index is 0.0918. The van der Waals surface area contributed by atoms with E-state index in [0.717, 1.165) is 5.56 Å². The van der Waals surface area contributed by atoms with Crippen LogP contribution in [-0.2, 0) is 9.63 Å². The van der Waals surface area contributed by atoms with Crippen LogP contribution in [0.2, 0.25) is 0 Å². The normalized spacial score (nSPS) is 12.4. The molecule has 1 unspecified atom stereocenters. The highest BCUT2D eigenvalue weighted by atomic mass is 16.7. The van der Waals surface area contributed by atoms with Crippen molar-refractivity contribution in [3.63, 3.8) is 0 Å². The Labute approximate surface area is 140 Å². The lowest BCUT2D eigenvalue weighted by atomic mass is 10.2. The lowest BCUT2D eigenvalue weighted by molar-refractivity contribution is -0.151. The molecule has 6 nitrogen and oxygen atoms in total. The average molecular weight is 328 g/mol. The molecule has 126 valence electrons. The number of hydrogen-bond acceptors (Lipinski definition) is 5. The predicted octanol–water partition coefficient (Wildman–Crippen LogP) is 2.63. The van der Waals surface area contributed by atoms with Crippen LogP contribution in [0.1, 0.15) is 18.1 Å². The number of nitrogens with zero attached hydrogens (tertiary/aromatic N) is 1. The van der Waals surface area contributed by atoms with E-state index < -0.39 is 12.1 Å². The van der Waals surface area contributed by atoms with E-state index in [2.05, 4.69) is 5.16 Å². The van der Waals surface area contributed by atoms with Gasteiger partial charge in [-0.25, -0.2) is 4.79 Å². The monoisotopic (exact) mass is 328 g/mol. The summed E-state index contributed by atoms with van der Waals surface area (Å²) in [4.78, 5) is 16.8. The quantitative estimate of drug-likeness (QED) is 0.381. The molecule has 0 fully saturated rings. The smallest absolute Gasteiger partial charge is 0.374 e. The third-order valence-electron chi connectivity index (χ3n) is 3.35. The molecule has 0 spiro atoms. The standard InChI is InChI=1S/C18H20N2O4/c1-12-6-4-5-7-16(12)23-13(2)18(21)24-20-17(19)14-8-10-15(22-3)11-9-14/h4-11,13H,1-3H3,(H2,19,20). The summed E-state index contributed by atoms with van der Waals surface area (Å²) in [6.07, 6.45) is -0.807. The van der Waals surface area contributed by atoms with Crippen LogP contribution >= 0.6 is 0 Å². The topological polar surface area (TPSA) is 83.1 Å². The molecule has 0 bridgehead atoms. The highest BCUT2D eigenvalue weighted by molar-refractivity contribution is 5.97. The van der Waals surface area contributed by atoms with Crippen molar-refractivity contribution in [2.24, 2.45) is 10.9 Å². The van der Waals surface area contributed by atoms with Gasteiger partial charge < -0.3 is 20.0 Å². The van der Waals surface area contributed by atoms with Gasteiger partial charge in [-0.3, -0.25) is 0 Å². The molecule has 0 radical (unpaired) electrons. The third kappa shape index (κ3) is 4.49. The summed E-state index contributed by atoms with van der Waals surface area (Å²) in [7, 11) is 1.57. The molecule has 24 heavy (non-hydrogen) atoms. The lowest BCUT2D eigenvalue weighted by Crippen LogP contribution is -2.26. The van der Waals surface area contributed by atoms with Crippen molar-refractivity contribution in [3.8, 4) is 11.5 Å². The van der Waals surface area contributed by atoms with Gasteiger partial charge in [0, 0.05) is 5.56 Å². The van der Waals surface area contributed by atoms with E-state index in [1.54, 1.807) is 44.4 Å². The van der Waals surface area contributed by atoms with Gasteiger partial charge in [0.05, 0.1) is 7.11 Å². The molecule has 0 aliphatic rings. The Bertz CT molecular complexity index is 726. The molecule has 2 aromatic carbocycles. The average Bonchev–Trinajstić information content (AvgIpc) is 2.61. The summed E-state index contributed by atoms with van der Waals surface area (Å²) >= 11 is 0. The number of amidine groups is 1. The van der Waals surface area contributed by atoms with Gasteiger partial charge in [-0.05, 0) is 49.7 Å². The van der Waals surface area contributed by atoms with Crippen molar-refractivity contribution in [2.45, 2.75) is 20.0 Å². The van der Waals surface area contributed by atoms with E-state index in [1.807, 2.05) is 25.1 Å². The zero-order valence-electron chi connectivity index (χ0n) is 13.9. The van der Waals surface area contributed by atoms with Gasteiger partial charge in [0.15, 0.2) is 11.9 Å². The molecule has 0 aliphatic carbocycles. The van der Waals surface area contributed by atoms with Crippen LogP contribution in [0.3, 0.4) is 0 Å². The number of rotatable bonds is 6. The number of hydrogen-bond donors (Lipinski definition) is 1. The first-order valence-corrected chi connectivity index (χ1v) is 7.42. The Hall–Kier alpha value is -3.02. The molecule has 6 heteroatoms. The molecule has 2 aromatic rings. The molecule has 0 heterocycles. The fraction of sp³-hybridized carbons (Fsp3) is 0.222. The van der Waals surface area contributed by atoms with Crippen LogP contribution in [0.15, 0.2) is 53.7 Å². The van der Waals surface area contributed by atoms with E-state index in [1.165, 1.54) is 0 Å². The Morgan fingerprint density at radius 3 is 2.42 bits per heavy atom. The highest BCUT2D eigenvalue weighted by Crippen LogP contribution is 2.18. The van der Waals surface area contributed by atoms with Crippen LogP contribution < -0.4 is 15.2 Å². The van der Waals surface area contributed by atoms with Crippen LogP contribution in [0.5, 0.6) is 11.5 Å². The number of para-hydroxylation sites is 1. The summed E-state index contributed by atoms with van der Waals surface area (Å²) in [6.45, 7) is 3.49. The van der Waals surface area contributed by atoms with Gasteiger partial charge >= 0.3 is 5.97 Å². The first kappa shape index (κ1) is 17.3. The number of benzene rings is 2. The molecule has 0 aromatic heterocycles. The summed E-state index contributed by atoms with van der Waals surface area (Å²) < 4.78 is 10.6. The minimum Gasteiger partial charge on any atom is -0.497 e. The zero-order chi connectivity index (χ0) is 17.5. The van der Waals surface area contributed by atoms with Crippen molar-refractivity contribution in [3.05, 3.63) is 59.7 Å². The fourth-order valence-electron chi connectivity index (χ4n) is 1.91. The van der Waals surface area contributed by atoms with Crippen LogP contribution in [0, 0.1) is 6.92 Å². The molecule has 0 amide bonds. The molecule has 2 N–H and O–H groups in total. The van der Waals surface area contributed by atoms with Gasteiger partial charge in [0.25, 0.3) is 0 Å². The van der Waals surface area contributed by atoms with E-state index >= 15 is 0 Å². The number of ether oxygens (including phenoxy) is 2. The Morgan fingerprint density at radius 1 is 1.12 bits per heavy atom. The summed E-state index contributed by atoms with van der Waals surface area (Å²) in [5.41, 5.74) is 7.35. The van der Waals surface area contributed by atoms with Gasteiger partial charge in [0.2, 0.25) is 0 Å². The minimum atomic E-state index is -0.807. The molecule has 2 rings (SSSR count). The Morgan fingerprint density at radius 2 is 1.79 bits per heavy atom. The highest BCUT2D eigenvalue weighted by Gasteiger charge is 2.18. The maximum absolute atomic E-state index is 12.0. The van der Waals surface area contributed by atoms with Gasteiger partial charge in [-0.1, -0.05) is 23.4 Å². The predicted molar refractivity (Wildman–Crippen MR) is 91.1 cm³/mol. The van der Waals surface area contributed by atoms with E-state index in [0.29, 0.717) is 17.1 Å². The zero-order valence-corrected chi connectivity index (χ0v) is 13.9. The van der Waals surface area contributed by atoms with Crippen molar-refractivity contribution in [1.82, 2.24) is 0 Å². The largest absolute Gasteiger partial charge is 0.497 e. The lowest BCUT2D eigenvalue weighted by Gasteiger charge is -2.13. The number of methoxy groups -OCH3 is 1. The number of carbonyl (C=O) groups is 1. The number of aryl methyl sites for hydroxylation is 1. The summed E-state index contributed by atoms with van der Waals surface area (Å²) in [6, 6.07) is 14.3. The van der Waals surface area contributed by atoms with Crippen molar-refractivity contribution >= 4 is 11.8 Å². The molecular weight excluding hydrogens is 308 g/mol. The van der Waals surface area contributed by atoms with E-state index in [4.69, 9.17) is 20.0 Å². The van der Waals surface area contributed by atoms with Crippen molar-refractivity contribution in [2.75, 3.05) is 7.11 Å². The fourth-order valence-corrected chi connectivity index (χ4v) is 1.91. The van der Waals surface area contributed by atoms with Crippen LogP contribution in [0.25, 0.3) is 0 Å². The SMILES string of the molecule is COc1ccc(C(N)=NOC(=O)C(C)Oc2ccccc2C)cc1. The third-order valence-corrected chi connectivity index (χ3v) is 3.35. The number of nitrogens with two attached hydrogens (primary N) is 1. The molecule has 0 saturated carbocycles. The second kappa shape index (κ2) is 8.01. The van der Waals surface area contributed by atoms with Crippen molar-refractivity contribution in [1.29, 1.82) is 0 Å². The Kier molecular flexibility index (Phi) is 5.78. The van der Waals surface area contributed by atoms with Crippen LogP contribution in [-0.4, -0.2) is 25.0 Å². The first-order valence-electron chi connectivity index (χ1n) is 7.42. The summed E-state index contributed by atoms with van der Waals surface area (Å²) in [5, 5.41) is 3.66. The van der Waals surface area contributed by atoms with E-state index in [9.17, 15) is 4.79 Å². The molecule has 1 atom stereocenters. The molecular formula is C18H20N2O4. The number of carbonyl (C=O) groups excluding carboxylic acids is 1. The second-order valence-electron chi connectivity index (χ2n) is 5.14. The maximum Gasteiger partial charge on any atom is 0.374 e. The van der Waals surface area contributed by atoms with Gasteiger partial charge in [-0.15, -0.1) is 0 Å².